The molecule has 7 heteroatoms. The second-order valence-electron chi connectivity index (χ2n) is 8.34. The summed E-state index contributed by atoms with van der Waals surface area (Å²) in [6, 6.07) is 15.8. The van der Waals surface area contributed by atoms with Crippen LogP contribution in [0, 0.1) is 5.82 Å². The normalized spacial score (nSPS) is 18.1. The Balaban J connectivity index is 1.35. The van der Waals surface area contributed by atoms with E-state index in [2.05, 4.69) is 15.0 Å². The molecule has 2 aromatic heterocycles. The Kier molecular flexibility index (Phi) is 4.68. The molecule has 1 atom stereocenters. The molecule has 33 heavy (non-hydrogen) atoms. The number of furan rings is 1. The summed E-state index contributed by atoms with van der Waals surface area (Å²) in [7, 11) is 0. The molecule has 0 radical (unpaired) electrons. The quantitative estimate of drug-likeness (QED) is 0.491. The summed E-state index contributed by atoms with van der Waals surface area (Å²) in [5, 5.41) is 0.990. The molecule has 6 rings (SSSR count). The number of fused-ring (bicyclic) bond motifs is 2. The number of aromatic nitrogens is 2. The van der Waals surface area contributed by atoms with Gasteiger partial charge in [-0.2, -0.15) is 0 Å². The van der Waals surface area contributed by atoms with Crippen LogP contribution in [0.1, 0.15) is 41.6 Å². The molecule has 1 amide bonds. The lowest BCUT2D eigenvalue weighted by molar-refractivity contribution is -0.129. The molecule has 0 bridgehead atoms. The number of rotatable bonds is 3. The fourth-order valence-corrected chi connectivity index (χ4v) is 4.69. The first-order valence-corrected chi connectivity index (χ1v) is 11.0. The van der Waals surface area contributed by atoms with Crippen LogP contribution in [0.5, 0.6) is 0 Å². The van der Waals surface area contributed by atoms with Gasteiger partial charge in [0, 0.05) is 41.5 Å². The lowest BCUT2D eigenvalue weighted by Gasteiger charge is -2.34. The van der Waals surface area contributed by atoms with E-state index in [0.29, 0.717) is 37.1 Å². The number of aromatic amines is 1. The number of aliphatic imine (C=N–C) groups is 1. The Bertz CT molecular complexity index is 1400. The highest BCUT2D eigenvalue weighted by Crippen LogP contribution is 2.37. The second kappa shape index (κ2) is 7.85. The number of H-pyrrole nitrogens is 1. The van der Waals surface area contributed by atoms with Crippen molar-refractivity contribution >= 4 is 22.6 Å². The molecule has 0 spiro atoms. The third-order valence-corrected chi connectivity index (χ3v) is 6.34. The van der Waals surface area contributed by atoms with Crippen LogP contribution in [-0.4, -0.2) is 33.0 Å². The van der Waals surface area contributed by atoms with E-state index in [-0.39, 0.29) is 11.7 Å². The summed E-state index contributed by atoms with van der Waals surface area (Å²) in [6.07, 6.45) is 5.12. The maximum absolute atomic E-state index is 13.6. The first-order chi connectivity index (χ1) is 16.2. The fraction of sp³-hybridized carbons (Fsp3) is 0.192. The molecule has 0 saturated carbocycles. The zero-order valence-electron chi connectivity index (χ0n) is 17.8. The molecule has 0 saturated heterocycles. The number of hydrogen-bond acceptors (Lipinski definition) is 4. The van der Waals surface area contributed by atoms with E-state index >= 15 is 0 Å². The molecule has 164 valence electrons. The number of para-hydroxylation sites is 1. The Labute approximate surface area is 189 Å². The monoisotopic (exact) mass is 440 g/mol. The summed E-state index contributed by atoms with van der Waals surface area (Å²) in [6.45, 7) is 0.549. The minimum absolute atomic E-state index is 0.0730. The van der Waals surface area contributed by atoms with Crippen LogP contribution in [-0.2, 0) is 11.2 Å². The smallest absolute Gasteiger partial charge is 0.252 e. The molecule has 6 nitrogen and oxygen atoms in total. The van der Waals surface area contributed by atoms with Crippen LogP contribution >= 0.6 is 0 Å². The molecule has 2 aliphatic rings. The van der Waals surface area contributed by atoms with Gasteiger partial charge in [-0.1, -0.05) is 30.3 Å². The Hall–Kier alpha value is -4.00. The molecule has 2 aliphatic heterocycles. The van der Waals surface area contributed by atoms with E-state index in [1.807, 2.05) is 41.3 Å². The van der Waals surface area contributed by atoms with Crippen molar-refractivity contribution in [3.8, 4) is 0 Å². The summed E-state index contributed by atoms with van der Waals surface area (Å²) in [5.74, 6) is 0.326. The summed E-state index contributed by atoms with van der Waals surface area (Å²) in [4.78, 5) is 27.7. The van der Waals surface area contributed by atoms with Crippen molar-refractivity contribution < 1.29 is 13.6 Å². The molecule has 2 aromatic carbocycles. The van der Waals surface area contributed by atoms with Gasteiger partial charge in [0.1, 0.15) is 23.2 Å². The Morgan fingerprint density at radius 1 is 1.09 bits per heavy atom. The number of nitrogens with zero attached hydrogens (tertiary/aromatic N) is 3. The molecule has 4 aromatic rings. The third-order valence-electron chi connectivity index (χ3n) is 6.34. The van der Waals surface area contributed by atoms with E-state index < -0.39 is 6.04 Å². The lowest BCUT2D eigenvalue weighted by Crippen LogP contribution is -2.41. The number of imidazole rings is 1. The third kappa shape index (κ3) is 3.46. The van der Waals surface area contributed by atoms with Gasteiger partial charge in [-0.05, 0) is 42.7 Å². The van der Waals surface area contributed by atoms with Gasteiger partial charge in [-0.3, -0.25) is 9.79 Å². The molecular formula is C26H21FN4O2. The van der Waals surface area contributed by atoms with Gasteiger partial charge in [0.15, 0.2) is 0 Å². The first kappa shape index (κ1) is 19.7. The van der Waals surface area contributed by atoms with Gasteiger partial charge in [-0.25, -0.2) is 9.37 Å². The van der Waals surface area contributed by atoms with Crippen molar-refractivity contribution in [2.45, 2.75) is 25.3 Å². The molecular weight excluding hydrogens is 419 g/mol. The van der Waals surface area contributed by atoms with Gasteiger partial charge in [-0.15, -0.1) is 0 Å². The summed E-state index contributed by atoms with van der Waals surface area (Å²) < 4.78 is 19.8. The first-order valence-electron chi connectivity index (χ1n) is 11.0. The van der Waals surface area contributed by atoms with E-state index in [9.17, 15) is 9.18 Å². The number of hydrogen-bond donors (Lipinski definition) is 1. The van der Waals surface area contributed by atoms with Crippen LogP contribution in [0.3, 0.4) is 0 Å². The Morgan fingerprint density at radius 2 is 2.00 bits per heavy atom. The van der Waals surface area contributed by atoms with Gasteiger partial charge in [0.25, 0.3) is 5.91 Å². The van der Waals surface area contributed by atoms with Crippen LogP contribution in [0.4, 0.5) is 4.39 Å². The van der Waals surface area contributed by atoms with Crippen molar-refractivity contribution in [2.24, 2.45) is 4.99 Å². The van der Waals surface area contributed by atoms with Crippen molar-refractivity contribution in [2.75, 3.05) is 6.54 Å². The number of carbonyl (C=O) groups is 1. The van der Waals surface area contributed by atoms with Gasteiger partial charge in [0.05, 0.1) is 12.0 Å². The van der Waals surface area contributed by atoms with Gasteiger partial charge < -0.3 is 14.3 Å². The van der Waals surface area contributed by atoms with Crippen LogP contribution < -0.4 is 0 Å². The van der Waals surface area contributed by atoms with E-state index in [1.54, 1.807) is 18.6 Å². The molecule has 4 heterocycles. The van der Waals surface area contributed by atoms with E-state index in [0.717, 1.165) is 33.6 Å². The number of carbonyl (C=O) groups excluding carboxylic acids is 1. The highest BCUT2D eigenvalue weighted by molar-refractivity contribution is 6.04. The lowest BCUT2D eigenvalue weighted by atomic mass is 9.96. The van der Waals surface area contributed by atoms with Crippen molar-refractivity contribution in [3.63, 3.8) is 0 Å². The maximum atomic E-state index is 13.6. The van der Waals surface area contributed by atoms with E-state index in [1.165, 1.54) is 12.1 Å². The number of amides is 1. The summed E-state index contributed by atoms with van der Waals surface area (Å²) in [5.41, 5.74) is 4.78. The molecule has 0 aliphatic carbocycles. The number of halogens is 1. The maximum Gasteiger partial charge on any atom is 0.252 e. The van der Waals surface area contributed by atoms with Gasteiger partial charge in [0.2, 0.25) is 0 Å². The van der Waals surface area contributed by atoms with Crippen molar-refractivity contribution in [1.29, 1.82) is 0 Å². The van der Waals surface area contributed by atoms with Crippen LogP contribution in [0.2, 0.25) is 0 Å². The van der Waals surface area contributed by atoms with Crippen molar-refractivity contribution in [3.05, 3.63) is 101 Å². The minimum Gasteiger partial charge on any atom is -0.458 e. The number of benzene rings is 2. The Morgan fingerprint density at radius 3 is 2.82 bits per heavy atom. The fourth-order valence-electron chi connectivity index (χ4n) is 4.69. The summed E-state index contributed by atoms with van der Waals surface area (Å²) >= 11 is 0. The average molecular weight is 440 g/mol. The minimum atomic E-state index is -0.408. The zero-order chi connectivity index (χ0) is 22.4. The highest BCUT2D eigenvalue weighted by atomic mass is 19.1. The van der Waals surface area contributed by atoms with E-state index in [4.69, 9.17) is 4.42 Å². The average Bonchev–Trinajstić information content (AvgIpc) is 3.50. The highest BCUT2D eigenvalue weighted by Gasteiger charge is 2.37. The van der Waals surface area contributed by atoms with Gasteiger partial charge >= 0.3 is 0 Å². The number of nitrogens with one attached hydrogen (secondary N) is 1. The topological polar surface area (TPSA) is 74.5 Å². The molecule has 1 N–H and O–H groups in total. The van der Waals surface area contributed by atoms with Crippen LogP contribution in [0.25, 0.3) is 11.0 Å². The second-order valence-corrected chi connectivity index (χ2v) is 8.34. The largest absolute Gasteiger partial charge is 0.458 e. The predicted octanol–water partition coefficient (Wildman–Crippen LogP) is 4.94. The zero-order valence-corrected chi connectivity index (χ0v) is 17.8. The molecule has 0 fully saturated rings. The van der Waals surface area contributed by atoms with Crippen LogP contribution in [0.15, 0.2) is 82.1 Å². The molecule has 0 unspecified atom stereocenters. The predicted molar refractivity (Wildman–Crippen MR) is 122 cm³/mol. The standard InChI is InChI=1S/C26H21FN4O2/c27-19-6-3-5-16(12-19)20-9-8-18(14-28-20)26(32)31-11-10-21-24(30-15-29-21)25(31)23-13-17-4-1-2-7-22(17)33-23/h1-7,12-15,25H,8-11H2,(H,29,30)/t25-/m1/s1. The SMILES string of the molecule is O=C(C1=CN=C(c2cccc(F)c2)CC1)N1CCc2[nH]cnc2[C@H]1c1cc2ccccc2o1. The van der Waals surface area contributed by atoms with Crippen molar-refractivity contribution in [1.82, 2.24) is 14.9 Å².